The topological polar surface area (TPSA) is 78.5 Å². The van der Waals surface area contributed by atoms with Crippen molar-refractivity contribution < 1.29 is 18.7 Å². The number of nitrogens with one attached hydrogen (secondary N) is 1. The van der Waals surface area contributed by atoms with Gasteiger partial charge in [-0.25, -0.2) is 0 Å². The van der Waals surface area contributed by atoms with E-state index in [9.17, 15) is 4.79 Å². The number of hydrogen-bond acceptors (Lipinski definition) is 5. The molecule has 7 heteroatoms. The van der Waals surface area contributed by atoms with Gasteiger partial charge < -0.3 is 23.8 Å². The Kier molecular flexibility index (Phi) is 5.93. The Morgan fingerprint density at radius 3 is 2.55 bits per heavy atom. The summed E-state index contributed by atoms with van der Waals surface area (Å²) in [4.78, 5) is 17.3. The summed E-state index contributed by atoms with van der Waals surface area (Å²) in [5, 5.41) is 2.99. The summed E-state index contributed by atoms with van der Waals surface area (Å²) in [5.41, 5.74) is 3.98. The number of benzene rings is 1. The molecule has 4 aromatic rings. The Balaban J connectivity index is 1.60. The van der Waals surface area contributed by atoms with E-state index in [-0.39, 0.29) is 5.91 Å². The van der Waals surface area contributed by atoms with Crippen molar-refractivity contribution in [2.24, 2.45) is 0 Å². The van der Waals surface area contributed by atoms with E-state index in [2.05, 4.69) is 10.3 Å². The van der Waals surface area contributed by atoms with Crippen molar-refractivity contribution in [3.63, 3.8) is 0 Å². The van der Waals surface area contributed by atoms with E-state index in [4.69, 9.17) is 13.9 Å². The number of carbonyl (C=O) groups is 1. The lowest BCUT2D eigenvalue weighted by molar-refractivity contribution is 0.0945. The van der Waals surface area contributed by atoms with Gasteiger partial charge in [0.05, 0.1) is 19.7 Å². The second-order valence-electron chi connectivity index (χ2n) is 7.27. The highest BCUT2D eigenvalue weighted by Gasteiger charge is 2.19. The maximum absolute atomic E-state index is 13.0. The second-order valence-corrected chi connectivity index (χ2v) is 7.27. The van der Waals surface area contributed by atoms with Crippen molar-refractivity contribution in [3.8, 4) is 11.5 Å². The van der Waals surface area contributed by atoms with Crippen LogP contribution in [-0.2, 0) is 13.0 Å². The van der Waals surface area contributed by atoms with Gasteiger partial charge in [-0.3, -0.25) is 9.78 Å². The average molecular weight is 419 g/mol. The molecule has 7 nitrogen and oxygen atoms in total. The van der Waals surface area contributed by atoms with Crippen LogP contribution < -0.4 is 14.8 Å². The van der Waals surface area contributed by atoms with Crippen LogP contribution in [0, 0.1) is 6.92 Å². The molecule has 0 radical (unpaired) electrons. The van der Waals surface area contributed by atoms with E-state index in [0.29, 0.717) is 42.3 Å². The number of nitrogens with zero attached hydrogens (tertiary/aromatic N) is 2. The summed E-state index contributed by atoms with van der Waals surface area (Å²) in [6.07, 6.45) is 2.41. The molecule has 31 heavy (non-hydrogen) atoms. The molecule has 3 heterocycles. The van der Waals surface area contributed by atoms with Crippen LogP contribution in [-0.4, -0.2) is 36.2 Å². The van der Waals surface area contributed by atoms with Crippen molar-refractivity contribution in [3.05, 3.63) is 77.4 Å². The van der Waals surface area contributed by atoms with Gasteiger partial charge in [0.1, 0.15) is 23.0 Å². The molecule has 0 aliphatic carbocycles. The zero-order valence-corrected chi connectivity index (χ0v) is 17.8. The Hall–Kier alpha value is -3.74. The Labute approximate surface area is 180 Å². The fraction of sp³-hybridized carbons (Fsp3) is 0.250. The molecule has 0 unspecified atom stereocenters. The summed E-state index contributed by atoms with van der Waals surface area (Å²) in [6, 6.07) is 15.2. The molecule has 1 N–H and O–H groups in total. The fourth-order valence-corrected chi connectivity index (χ4v) is 3.60. The molecule has 0 aliphatic heterocycles. The minimum absolute atomic E-state index is 0.158. The van der Waals surface area contributed by atoms with Crippen LogP contribution in [0.1, 0.15) is 27.5 Å². The van der Waals surface area contributed by atoms with Gasteiger partial charge >= 0.3 is 0 Å². The van der Waals surface area contributed by atoms with Gasteiger partial charge in [-0.2, -0.15) is 0 Å². The molecule has 160 valence electrons. The van der Waals surface area contributed by atoms with Gasteiger partial charge in [-0.15, -0.1) is 0 Å². The van der Waals surface area contributed by atoms with Gasteiger partial charge in [0.15, 0.2) is 5.58 Å². The van der Waals surface area contributed by atoms with Crippen LogP contribution in [0.2, 0.25) is 0 Å². The highest BCUT2D eigenvalue weighted by atomic mass is 16.5. The number of carbonyl (C=O) groups excluding carboxylic acids is 1. The number of amides is 1. The summed E-state index contributed by atoms with van der Waals surface area (Å²) < 4.78 is 18.5. The first-order chi connectivity index (χ1) is 15.1. The van der Waals surface area contributed by atoms with Crippen LogP contribution in [0.5, 0.6) is 11.5 Å². The number of aryl methyl sites for hydroxylation is 1. The Morgan fingerprint density at radius 2 is 1.87 bits per heavy atom. The van der Waals surface area contributed by atoms with Gasteiger partial charge in [-0.05, 0) is 36.8 Å². The van der Waals surface area contributed by atoms with E-state index in [1.807, 2.05) is 54.0 Å². The molecule has 0 atom stereocenters. The van der Waals surface area contributed by atoms with E-state index in [1.54, 1.807) is 26.5 Å². The van der Waals surface area contributed by atoms with Crippen molar-refractivity contribution in [2.45, 2.75) is 19.9 Å². The number of hydrogen-bond donors (Lipinski definition) is 1. The van der Waals surface area contributed by atoms with Gasteiger partial charge in [-0.1, -0.05) is 6.07 Å². The van der Waals surface area contributed by atoms with Crippen LogP contribution >= 0.6 is 0 Å². The largest absolute Gasteiger partial charge is 0.497 e. The molecule has 4 rings (SSSR count). The smallest absolute Gasteiger partial charge is 0.268 e. The summed E-state index contributed by atoms with van der Waals surface area (Å²) >= 11 is 0. The molecular formula is C24H25N3O4. The average Bonchev–Trinajstić information content (AvgIpc) is 3.31. The van der Waals surface area contributed by atoms with Gasteiger partial charge in [0.25, 0.3) is 5.91 Å². The molecule has 1 aromatic carbocycles. The minimum Gasteiger partial charge on any atom is -0.497 e. The molecule has 0 aliphatic rings. The number of aromatic nitrogens is 2. The van der Waals surface area contributed by atoms with E-state index >= 15 is 0 Å². The third-order valence-corrected chi connectivity index (χ3v) is 5.09. The zero-order chi connectivity index (χ0) is 21.8. The number of fused-ring (bicyclic) bond motifs is 1. The molecule has 0 saturated heterocycles. The monoisotopic (exact) mass is 419 g/mol. The zero-order valence-electron chi connectivity index (χ0n) is 17.8. The lowest BCUT2D eigenvalue weighted by Crippen LogP contribution is -2.28. The highest BCUT2D eigenvalue weighted by molar-refractivity contribution is 5.97. The number of methoxy groups -OCH3 is 2. The predicted molar refractivity (Wildman–Crippen MR) is 118 cm³/mol. The first-order valence-corrected chi connectivity index (χ1v) is 10.1. The van der Waals surface area contributed by atoms with Gasteiger partial charge in [0, 0.05) is 49.6 Å². The minimum atomic E-state index is -0.158. The summed E-state index contributed by atoms with van der Waals surface area (Å²) in [7, 11) is 3.23. The van der Waals surface area contributed by atoms with Crippen LogP contribution in [0.4, 0.5) is 0 Å². The van der Waals surface area contributed by atoms with Crippen LogP contribution in [0.3, 0.4) is 0 Å². The molecular weight excluding hydrogens is 394 g/mol. The highest BCUT2D eigenvalue weighted by Crippen LogP contribution is 2.28. The number of ether oxygens (including phenoxy) is 2. The molecule has 3 aromatic heterocycles. The van der Waals surface area contributed by atoms with Crippen LogP contribution in [0.15, 0.2) is 59.1 Å². The SMILES string of the molecule is COc1cc(Cn2c(C(=O)NCCc3ccccn3)cc3oc(C)cc32)cc(OC)c1. The molecule has 0 saturated carbocycles. The van der Waals surface area contributed by atoms with Crippen LogP contribution in [0.25, 0.3) is 11.1 Å². The second kappa shape index (κ2) is 8.95. The normalized spacial score (nSPS) is 10.9. The fourth-order valence-electron chi connectivity index (χ4n) is 3.60. The Morgan fingerprint density at radius 1 is 1.10 bits per heavy atom. The van der Waals surface area contributed by atoms with E-state index in [1.165, 1.54) is 0 Å². The van der Waals surface area contributed by atoms with Crippen molar-refractivity contribution in [2.75, 3.05) is 20.8 Å². The van der Waals surface area contributed by atoms with Crippen molar-refractivity contribution in [1.29, 1.82) is 0 Å². The number of rotatable bonds is 8. The standard InChI is InChI=1S/C24H25N3O4/c1-16-10-21-23(31-16)14-22(24(28)26-9-7-18-6-4-5-8-25-18)27(21)15-17-11-19(29-2)13-20(12-17)30-3/h4-6,8,10-14H,7,9,15H2,1-3H3,(H,26,28). The first kappa shape index (κ1) is 20.5. The van der Waals surface area contributed by atoms with Crippen molar-refractivity contribution in [1.82, 2.24) is 14.9 Å². The first-order valence-electron chi connectivity index (χ1n) is 10.1. The quantitative estimate of drug-likeness (QED) is 0.467. The van der Waals surface area contributed by atoms with E-state index < -0.39 is 0 Å². The lowest BCUT2D eigenvalue weighted by Gasteiger charge is -2.13. The summed E-state index contributed by atoms with van der Waals surface area (Å²) in [5.74, 6) is 2.03. The maximum atomic E-state index is 13.0. The molecule has 0 spiro atoms. The molecule has 1 amide bonds. The maximum Gasteiger partial charge on any atom is 0.268 e. The van der Waals surface area contributed by atoms with Gasteiger partial charge in [0.2, 0.25) is 0 Å². The lowest BCUT2D eigenvalue weighted by atomic mass is 10.2. The third-order valence-electron chi connectivity index (χ3n) is 5.09. The number of furan rings is 1. The molecule has 0 fully saturated rings. The molecule has 0 bridgehead atoms. The number of pyridine rings is 1. The van der Waals surface area contributed by atoms with Crippen molar-refractivity contribution >= 4 is 17.0 Å². The Bertz CT molecular complexity index is 1170. The summed E-state index contributed by atoms with van der Waals surface area (Å²) in [6.45, 7) is 2.86. The third kappa shape index (κ3) is 4.55. The predicted octanol–water partition coefficient (Wildman–Crippen LogP) is 3.98. The van der Waals surface area contributed by atoms with E-state index in [0.717, 1.165) is 22.5 Å².